The molecule has 78 valence electrons. The SMILES string of the molecule is CNc1cc(-c2cnn(C)c2)ccc1F. The molecule has 1 heterocycles. The number of benzene rings is 1. The van der Waals surface area contributed by atoms with E-state index in [0.29, 0.717) is 5.69 Å². The van der Waals surface area contributed by atoms with Gasteiger partial charge in [0, 0.05) is 25.9 Å². The number of nitrogens with zero attached hydrogens (tertiary/aromatic N) is 2. The average Bonchev–Trinajstić information content (AvgIpc) is 2.66. The number of nitrogens with one attached hydrogen (secondary N) is 1. The summed E-state index contributed by atoms with van der Waals surface area (Å²) in [6.07, 6.45) is 3.65. The summed E-state index contributed by atoms with van der Waals surface area (Å²) >= 11 is 0. The van der Waals surface area contributed by atoms with Crippen molar-refractivity contribution in [2.75, 3.05) is 12.4 Å². The van der Waals surface area contributed by atoms with E-state index in [4.69, 9.17) is 0 Å². The molecule has 0 atom stereocenters. The molecule has 0 bridgehead atoms. The van der Waals surface area contributed by atoms with Crippen LogP contribution < -0.4 is 5.32 Å². The molecule has 0 unspecified atom stereocenters. The molecule has 1 aromatic carbocycles. The van der Waals surface area contributed by atoms with Gasteiger partial charge in [-0.25, -0.2) is 4.39 Å². The van der Waals surface area contributed by atoms with Crippen molar-refractivity contribution < 1.29 is 4.39 Å². The van der Waals surface area contributed by atoms with Gasteiger partial charge in [0.25, 0.3) is 0 Å². The van der Waals surface area contributed by atoms with Crippen molar-refractivity contribution in [3.63, 3.8) is 0 Å². The predicted molar refractivity (Wildman–Crippen MR) is 58.1 cm³/mol. The summed E-state index contributed by atoms with van der Waals surface area (Å²) in [5, 5.41) is 6.88. The van der Waals surface area contributed by atoms with Gasteiger partial charge in [-0.05, 0) is 17.7 Å². The molecule has 2 rings (SSSR count). The Hall–Kier alpha value is -1.84. The van der Waals surface area contributed by atoms with Crippen molar-refractivity contribution in [2.45, 2.75) is 0 Å². The second-order valence-corrected chi connectivity index (χ2v) is 3.35. The molecule has 0 saturated heterocycles. The molecule has 0 aliphatic carbocycles. The van der Waals surface area contributed by atoms with Crippen LogP contribution in [0.2, 0.25) is 0 Å². The summed E-state index contributed by atoms with van der Waals surface area (Å²) in [6.45, 7) is 0. The van der Waals surface area contributed by atoms with Crippen molar-refractivity contribution in [3.8, 4) is 11.1 Å². The minimum absolute atomic E-state index is 0.245. The number of aryl methyl sites for hydroxylation is 1. The third-order valence-corrected chi connectivity index (χ3v) is 2.27. The third-order valence-electron chi connectivity index (χ3n) is 2.27. The first-order chi connectivity index (χ1) is 7.20. The highest BCUT2D eigenvalue weighted by atomic mass is 19.1. The molecule has 1 N–H and O–H groups in total. The second kappa shape index (κ2) is 3.73. The molecule has 2 aromatic rings. The van der Waals surface area contributed by atoms with E-state index in [-0.39, 0.29) is 5.82 Å². The minimum Gasteiger partial charge on any atom is -0.386 e. The Morgan fingerprint density at radius 1 is 1.33 bits per heavy atom. The van der Waals surface area contributed by atoms with E-state index in [0.717, 1.165) is 11.1 Å². The molecule has 1 aromatic heterocycles. The molecule has 4 heteroatoms. The lowest BCUT2D eigenvalue weighted by molar-refractivity contribution is 0.631. The summed E-state index contributed by atoms with van der Waals surface area (Å²) in [5.74, 6) is -0.245. The van der Waals surface area contributed by atoms with Crippen molar-refractivity contribution in [3.05, 3.63) is 36.4 Å². The van der Waals surface area contributed by atoms with E-state index in [1.165, 1.54) is 6.07 Å². The van der Waals surface area contributed by atoms with Crippen molar-refractivity contribution in [1.29, 1.82) is 0 Å². The third kappa shape index (κ3) is 1.83. The maximum atomic E-state index is 13.2. The molecule has 0 fully saturated rings. The molecule has 0 spiro atoms. The van der Waals surface area contributed by atoms with Crippen LogP contribution in [0, 0.1) is 5.82 Å². The Labute approximate surface area is 87.5 Å². The minimum atomic E-state index is -0.245. The summed E-state index contributed by atoms with van der Waals surface area (Å²) < 4.78 is 14.9. The highest BCUT2D eigenvalue weighted by molar-refractivity contribution is 5.67. The summed E-state index contributed by atoms with van der Waals surface area (Å²) in [4.78, 5) is 0. The van der Waals surface area contributed by atoms with Gasteiger partial charge in [-0.15, -0.1) is 0 Å². The lowest BCUT2D eigenvalue weighted by Crippen LogP contribution is -1.92. The highest BCUT2D eigenvalue weighted by Crippen LogP contribution is 2.23. The van der Waals surface area contributed by atoms with Gasteiger partial charge < -0.3 is 5.32 Å². The van der Waals surface area contributed by atoms with Gasteiger partial charge in [-0.3, -0.25) is 4.68 Å². The Bertz CT molecular complexity index is 476. The van der Waals surface area contributed by atoms with Crippen LogP contribution in [-0.4, -0.2) is 16.8 Å². The Balaban J connectivity index is 2.45. The summed E-state index contributed by atoms with van der Waals surface area (Å²) in [5.41, 5.74) is 2.43. The molecule has 0 saturated carbocycles. The van der Waals surface area contributed by atoms with Gasteiger partial charge in [-0.1, -0.05) is 6.07 Å². The van der Waals surface area contributed by atoms with Gasteiger partial charge in [0.15, 0.2) is 0 Å². The first-order valence-electron chi connectivity index (χ1n) is 4.67. The fraction of sp³-hybridized carbons (Fsp3) is 0.182. The maximum absolute atomic E-state index is 13.2. The number of rotatable bonds is 2. The smallest absolute Gasteiger partial charge is 0.146 e. The van der Waals surface area contributed by atoms with Gasteiger partial charge in [0.2, 0.25) is 0 Å². The van der Waals surface area contributed by atoms with E-state index < -0.39 is 0 Å². The Morgan fingerprint density at radius 2 is 2.13 bits per heavy atom. The number of halogens is 1. The van der Waals surface area contributed by atoms with Crippen molar-refractivity contribution in [1.82, 2.24) is 9.78 Å². The molecule has 0 amide bonds. The second-order valence-electron chi connectivity index (χ2n) is 3.35. The van der Waals surface area contributed by atoms with Gasteiger partial charge >= 0.3 is 0 Å². The van der Waals surface area contributed by atoms with Crippen LogP contribution in [0.5, 0.6) is 0 Å². The molecule has 15 heavy (non-hydrogen) atoms. The van der Waals surface area contributed by atoms with E-state index in [1.54, 1.807) is 30.1 Å². The summed E-state index contributed by atoms with van der Waals surface area (Å²) in [7, 11) is 3.55. The van der Waals surface area contributed by atoms with E-state index in [2.05, 4.69) is 10.4 Å². The molecule has 3 nitrogen and oxygen atoms in total. The van der Waals surface area contributed by atoms with Gasteiger partial charge in [0.1, 0.15) is 5.82 Å². The standard InChI is InChI=1S/C11H12FN3/c1-13-11-5-8(3-4-10(11)12)9-6-14-15(2)7-9/h3-7,13H,1-2H3. The summed E-state index contributed by atoms with van der Waals surface area (Å²) in [6, 6.07) is 4.97. The monoisotopic (exact) mass is 205 g/mol. The van der Waals surface area contributed by atoms with Crippen LogP contribution in [0.15, 0.2) is 30.6 Å². The van der Waals surface area contributed by atoms with Crippen LogP contribution in [0.4, 0.5) is 10.1 Å². The van der Waals surface area contributed by atoms with Crippen LogP contribution in [0.25, 0.3) is 11.1 Å². The fourth-order valence-electron chi connectivity index (χ4n) is 1.47. The lowest BCUT2D eigenvalue weighted by atomic mass is 10.1. The fourth-order valence-corrected chi connectivity index (χ4v) is 1.47. The van der Waals surface area contributed by atoms with Crippen LogP contribution >= 0.6 is 0 Å². The topological polar surface area (TPSA) is 29.9 Å². The van der Waals surface area contributed by atoms with E-state index >= 15 is 0 Å². The Morgan fingerprint density at radius 3 is 2.73 bits per heavy atom. The highest BCUT2D eigenvalue weighted by Gasteiger charge is 2.04. The van der Waals surface area contributed by atoms with E-state index in [9.17, 15) is 4.39 Å². The molecular weight excluding hydrogens is 193 g/mol. The largest absolute Gasteiger partial charge is 0.386 e. The van der Waals surface area contributed by atoms with Crippen LogP contribution in [-0.2, 0) is 7.05 Å². The zero-order valence-corrected chi connectivity index (χ0v) is 8.66. The molecular formula is C11H12FN3. The first-order valence-corrected chi connectivity index (χ1v) is 4.67. The number of hydrogen-bond donors (Lipinski definition) is 1. The van der Waals surface area contributed by atoms with Crippen molar-refractivity contribution in [2.24, 2.45) is 7.05 Å². The Kier molecular flexibility index (Phi) is 2.41. The molecule has 0 aliphatic rings. The first kappa shape index (κ1) is 9.71. The van der Waals surface area contributed by atoms with Crippen LogP contribution in [0.3, 0.4) is 0 Å². The quantitative estimate of drug-likeness (QED) is 0.815. The molecule has 0 radical (unpaired) electrons. The van der Waals surface area contributed by atoms with Gasteiger partial charge in [-0.2, -0.15) is 5.10 Å². The maximum Gasteiger partial charge on any atom is 0.146 e. The lowest BCUT2D eigenvalue weighted by Gasteiger charge is -2.04. The van der Waals surface area contributed by atoms with Gasteiger partial charge in [0.05, 0.1) is 11.9 Å². The van der Waals surface area contributed by atoms with E-state index in [1.807, 2.05) is 13.2 Å². The number of hydrogen-bond acceptors (Lipinski definition) is 2. The zero-order valence-electron chi connectivity index (χ0n) is 8.66. The zero-order chi connectivity index (χ0) is 10.8. The van der Waals surface area contributed by atoms with Crippen molar-refractivity contribution >= 4 is 5.69 Å². The number of anilines is 1. The average molecular weight is 205 g/mol. The number of aromatic nitrogens is 2. The molecule has 0 aliphatic heterocycles. The normalized spacial score (nSPS) is 10.3. The van der Waals surface area contributed by atoms with Crippen LogP contribution in [0.1, 0.15) is 0 Å². The predicted octanol–water partition coefficient (Wildman–Crippen LogP) is 2.27.